The van der Waals surface area contributed by atoms with Crippen LogP contribution in [0.1, 0.15) is 5.56 Å². The van der Waals surface area contributed by atoms with E-state index in [-0.39, 0.29) is 0 Å². The highest BCUT2D eigenvalue weighted by Crippen LogP contribution is 2.35. The topological polar surface area (TPSA) is 35.2 Å². The smallest absolute Gasteiger partial charge is 0.127 e. The zero-order valence-corrected chi connectivity index (χ0v) is 10.1. The van der Waals surface area contributed by atoms with E-state index in [2.05, 4.69) is 22.0 Å². The molecule has 1 aromatic carbocycles. The van der Waals surface area contributed by atoms with Crippen molar-refractivity contribution in [1.82, 2.24) is 0 Å². The molecule has 0 fully saturated rings. The fraction of sp³-hybridized carbons (Fsp3) is 0.200. The molecule has 2 rings (SSSR count). The molecule has 0 aliphatic carbocycles. The predicted octanol–water partition coefficient (Wildman–Crippen LogP) is 3.39. The molecule has 0 spiro atoms. The lowest BCUT2D eigenvalue weighted by atomic mass is 10.2. The van der Waals surface area contributed by atoms with Crippen LogP contribution in [0.3, 0.4) is 0 Å². The van der Waals surface area contributed by atoms with Crippen molar-refractivity contribution >= 4 is 42.4 Å². The number of alkyl halides is 1. The van der Waals surface area contributed by atoms with Crippen molar-refractivity contribution < 1.29 is 4.74 Å². The van der Waals surface area contributed by atoms with Crippen molar-refractivity contribution in [3.8, 4) is 5.75 Å². The number of benzene rings is 1. The minimum atomic E-state index is 0.824. The molecule has 0 radical (unpaired) electrons. The maximum atomic E-state index is 5.76. The second kappa shape index (κ2) is 3.79. The van der Waals surface area contributed by atoms with Gasteiger partial charge in [-0.25, -0.2) is 0 Å². The van der Waals surface area contributed by atoms with Crippen LogP contribution in [-0.4, -0.2) is 7.11 Å². The number of nitrogen functional groups attached to an aromatic ring is 1. The van der Waals surface area contributed by atoms with Gasteiger partial charge in [-0.05, 0) is 23.8 Å². The first-order valence-electron chi connectivity index (χ1n) is 4.16. The SMILES string of the molecule is COc1cc(CBr)cc2sc(N)cc12. The predicted molar refractivity (Wildman–Crippen MR) is 65.4 cm³/mol. The molecule has 0 bridgehead atoms. The lowest BCUT2D eigenvalue weighted by Crippen LogP contribution is -1.85. The van der Waals surface area contributed by atoms with Gasteiger partial charge in [-0.3, -0.25) is 0 Å². The Hall–Kier alpha value is -0.740. The first kappa shape index (κ1) is 9.80. The zero-order valence-electron chi connectivity index (χ0n) is 7.71. The molecule has 1 aromatic heterocycles. The van der Waals surface area contributed by atoms with Gasteiger partial charge in [0, 0.05) is 15.4 Å². The van der Waals surface area contributed by atoms with Gasteiger partial charge in [-0.2, -0.15) is 0 Å². The molecule has 1 heterocycles. The number of thiophene rings is 1. The summed E-state index contributed by atoms with van der Waals surface area (Å²) in [6, 6.07) is 6.12. The number of halogens is 1. The van der Waals surface area contributed by atoms with Gasteiger partial charge >= 0.3 is 0 Å². The molecule has 0 saturated carbocycles. The van der Waals surface area contributed by atoms with E-state index in [1.807, 2.05) is 12.1 Å². The maximum Gasteiger partial charge on any atom is 0.127 e. The summed E-state index contributed by atoms with van der Waals surface area (Å²) in [6.07, 6.45) is 0. The molecule has 0 atom stereocenters. The van der Waals surface area contributed by atoms with Gasteiger partial charge in [-0.15, -0.1) is 11.3 Å². The summed E-state index contributed by atoms with van der Waals surface area (Å²) in [5.74, 6) is 0.893. The van der Waals surface area contributed by atoms with Crippen LogP contribution in [0, 0.1) is 0 Å². The Balaban J connectivity index is 2.72. The van der Waals surface area contributed by atoms with E-state index < -0.39 is 0 Å². The van der Waals surface area contributed by atoms with Gasteiger partial charge in [0.25, 0.3) is 0 Å². The third-order valence-corrected chi connectivity index (χ3v) is 3.61. The number of anilines is 1. The van der Waals surface area contributed by atoms with Gasteiger partial charge in [0.15, 0.2) is 0 Å². The highest BCUT2D eigenvalue weighted by Gasteiger charge is 2.07. The summed E-state index contributed by atoms with van der Waals surface area (Å²) in [7, 11) is 1.68. The van der Waals surface area contributed by atoms with Crippen LogP contribution in [0.15, 0.2) is 18.2 Å². The van der Waals surface area contributed by atoms with Crippen LogP contribution in [0.5, 0.6) is 5.75 Å². The molecule has 0 aliphatic heterocycles. The molecule has 0 amide bonds. The molecule has 14 heavy (non-hydrogen) atoms. The van der Waals surface area contributed by atoms with Crippen LogP contribution >= 0.6 is 27.3 Å². The van der Waals surface area contributed by atoms with Crippen molar-refractivity contribution in [3.63, 3.8) is 0 Å². The van der Waals surface area contributed by atoms with Crippen LogP contribution in [0.4, 0.5) is 5.00 Å². The van der Waals surface area contributed by atoms with Crippen LogP contribution in [0.2, 0.25) is 0 Å². The molecule has 2 N–H and O–H groups in total. The monoisotopic (exact) mass is 271 g/mol. The van der Waals surface area contributed by atoms with E-state index in [1.165, 1.54) is 10.3 Å². The van der Waals surface area contributed by atoms with Crippen molar-refractivity contribution in [3.05, 3.63) is 23.8 Å². The molecule has 4 heteroatoms. The van der Waals surface area contributed by atoms with Crippen molar-refractivity contribution in [2.75, 3.05) is 12.8 Å². The third-order valence-electron chi connectivity index (χ3n) is 2.05. The van der Waals surface area contributed by atoms with E-state index in [9.17, 15) is 0 Å². The van der Waals surface area contributed by atoms with Gasteiger partial charge in [0.05, 0.1) is 12.1 Å². The lowest BCUT2D eigenvalue weighted by molar-refractivity contribution is 0.419. The number of hydrogen-bond acceptors (Lipinski definition) is 3. The quantitative estimate of drug-likeness (QED) is 0.850. The number of rotatable bonds is 2. The van der Waals surface area contributed by atoms with Gasteiger partial charge < -0.3 is 10.5 Å². The van der Waals surface area contributed by atoms with Crippen molar-refractivity contribution in [1.29, 1.82) is 0 Å². The molecular weight excluding hydrogens is 262 g/mol. The zero-order chi connectivity index (χ0) is 10.1. The summed E-state index contributed by atoms with van der Waals surface area (Å²) < 4.78 is 6.49. The average Bonchev–Trinajstić information content (AvgIpc) is 2.56. The van der Waals surface area contributed by atoms with Crippen molar-refractivity contribution in [2.45, 2.75) is 5.33 Å². The van der Waals surface area contributed by atoms with E-state index in [4.69, 9.17) is 10.5 Å². The van der Waals surface area contributed by atoms with Gasteiger partial charge in [0.2, 0.25) is 0 Å². The normalized spacial score (nSPS) is 10.7. The standard InChI is InChI=1S/C10H10BrNOS/c1-13-8-2-6(5-11)3-9-7(8)4-10(12)14-9/h2-4H,5,12H2,1H3. The maximum absolute atomic E-state index is 5.76. The minimum Gasteiger partial charge on any atom is -0.496 e. The summed E-state index contributed by atoms with van der Waals surface area (Å²) in [4.78, 5) is 0. The highest BCUT2D eigenvalue weighted by molar-refractivity contribution is 9.08. The van der Waals surface area contributed by atoms with E-state index in [0.29, 0.717) is 0 Å². The van der Waals surface area contributed by atoms with Crippen LogP contribution in [0.25, 0.3) is 10.1 Å². The fourth-order valence-electron chi connectivity index (χ4n) is 1.43. The number of methoxy groups -OCH3 is 1. The molecule has 2 nitrogen and oxygen atoms in total. The Labute approximate surface area is 94.8 Å². The Kier molecular flexibility index (Phi) is 2.65. The lowest BCUT2D eigenvalue weighted by Gasteiger charge is -2.03. The average molecular weight is 272 g/mol. The first-order chi connectivity index (χ1) is 6.74. The summed E-state index contributed by atoms with van der Waals surface area (Å²) in [5, 5.41) is 2.75. The largest absolute Gasteiger partial charge is 0.496 e. The molecule has 0 aliphatic rings. The summed E-state index contributed by atoms with van der Waals surface area (Å²) >= 11 is 5.02. The minimum absolute atomic E-state index is 0.824. The third kappa shape index (κ3) is 1.60. The Morgan fingerprint density at radius 1 is 1.43 bits per heavy atom. The van der Waals surface area contributed by atoms with E-state index >= 15 is 0 Å². The fourth-order valence-corrected chi connectivity index (χ4v) is 2.66. The van der Waals surface area contributed by atoms with Gasteiger partial charge in [-0.1, -0.05) is 15.9 Å². The van der Waals surface area contributed by atoms with Crippen molar-refractivity contribution in [2.24, 2.45) is 0 Å². The van der Waals surface area contributed by atoms with E-state index in [1.54, 1.807) is 18.4 Å². The number of nitrogens with two attached hydrogens (primary N) is 1. The first-order valence-corrected chi connectivity index (χ1v) is 6.10. The molecule has 0 unspecified atom stereocenters. The van der Waals surface area contributed by atoms with E-state index in [0.717, 1.165) is 21.5 Å². The molecule has 0 saturated heterocycles. The Bertz CT molecular complexity index is 466. The molecule has 74 valence electrons. The Morgan fingerprint density at radius 2 is 2.21 bits per heavy atom. The second-order valence-corrected chi connectivity index (χ2v) is 4.67. The second-order valence-electron chi connectivity index (χ2n) is 2.99. The Morgan fingerprint density at radius 3 is 2.86 bits per heavy atom. The highest BCUT2D eigenvalue weighted by atomic mass is 79.9. The number of fused-ring (bicyclic) bond motifs is 1. The molecule has 2 aromatic rings. The summed E-state index contributed by atoms with van der Waals surface area (Å²) in [5.41, 5.74) is 6.96. The number of ether oxygens (including phenoxy) is 1. The molecular formula is C10H10BrNOS. The summed E-state index contributed by atoms with van der Waals surface area (Å²) in [6.45, 7) is 0. The van der Waals surface area contributed by atoms with Crippen LogP contribution in [-0.2, 0) is 5.33 Å². The van der Waals surface area contributed by atoms with Gasteiger partial charge in [0.1, 0.15) is 5.75 Å². The van der Waals surface area contributed by atoms with Crippen LogP contribution < -0.4 is 10.5 Å². The number of hydrogen-bond donors (Lipinski definition) is 1.